The molecule has 6 heteroatoms. The van der Waals surface area contributed by atoms with Gasteiger partial charge in [0.05, 0.1) is 23.1 Å². The highest BCUT2D eigenvalue weighted by Crippen LogP contribution is 2.22. The first-order valence-corrected chi connectivity index (χ1v) is 7.34. The molecule has 0 unspecified atom stereocenters. The van der Waals surface area contributed by atoms with Crippen LogP contribution in [0.25, 0.3) is 0 Å². The third kappa shape index (κ3) is 2.56. The lowest BCUT2D eigenvalue weighted by Gasteiger charge is -2.18. The first-order chi connectivity index (χ1) is 8.42. The van der Waals surface area contributed by atoms with Crippen LogP contribution in [0.2, 0.25) is 0 Å². The van der Waals surface area contributed by atoms with E-state index in [1.807, 2.05) is 0 Å². The van der Waals surface area contributed by atoms with Crippen LogP contribution in [0.4, 0.5) is 0 Å². The highest BCUT2D eigenvalue weighted by Gasteiger charge is 2.36. The Morgan fingerprint density at radius 3 is 2.44 bits per heavy atom. The van der Waals surface area contributed by atoms with Crippen LogP contribution in [0.15, 0.2) is 29.2 Å². The number of nitrogens with one attached hydrogen (secondary N) is 1. The van der Waals surface area contributed by atoms with Crippen LogP contribution < -0.4 is 4.72 Å². The summed E-state index contributed by atoms with van der Waals surface area (Å²) in [5.41, 5.74) is 0.651. The van der Waals surface area contributed by atoms with Gasteiger partial charge in [0.25, 0.3) is 0 Å². The molecular weight excluding hydrogens is 254 g/mol. The first-order valence-electron chi connectivity index (χ1n) is 5.86. The van der Waals surface area contributed by atoms with E-state index in [-0.39, 0.29) is 4.90 Å². The van der Waals surface area contributed by atoms with Gasteiger partial charge in [-0.3, -0.25) is 0 Å². The van der Waals surface area contributed by atoms with Crippen LogP contribution in [-0.4, -0.2) is 36.9 Å². The quantitative estimate of drug-likeness (QED) is 0.731. The molecule has 1 aliphatic carbocycles. The number of hydrogen-bond acceptors (Lipinski definition) is 4. The summed E-state index contributed by atoms with van der Waals surface area (Å²) in [5, 5.41) is 19.1. The standard InChI is InChI=1S/C12H17NO4S/c1-8-4-2-3-5-11(8)18(16,17)13-9-6-7-10(14)12(9)15/h2-5,9-10,12-15H,6-7H2,1H3/t9-,10-,12-/m1/s1. The minimum Gasteiger partial charge on any atom is -0.390 e. The molecule has 100 valence electrons. The van der Waals surface area contributed by atoms with Crippen molar-refractivity contribution < 1.29 is 18.6 Å². The van der Waals surface area contributed by atoms with Crippen LogP contribution in [0.3, 0.4) is 0 Å². The molecular formula is C12H17NO4S. The van der Waals surface area contributed by atoms with Crippen LogP contribution in [0, 0.1) is 6.92 Å². The fourth-order valence-corrected chi connectivity index (χ4v) is 3.74. The lowest BCUT2D eigenvalue weighted by atomic mass is 10.2. The highest BCUT2D eigenvalue weighted by atomic mass is 32.2. The number of rotatable bonds is 3. The van der Waals surface area contributed by atoms with Gasteiger partial charge < -0.3 is 10.2 Å². The minimum absolute atomic E-state index is 0.207. The molecule has 3 atom stereocenters. The van der Waals surface area contributed by atoms with E-state index in [4.69, 9.17) is 0 Å². The molecule has 0 radical (unpaired) electrons. The Labute approximate surface area is 107 Å². The van der Waals surface area contributed by atoms with Gasteiger partial charge in [0.15, 0.2) is 0 Å². The Balaban J connectivity index is 2.21. The van der Waals surface area contributed by atoms with E-state index in [1.165, 1.54) is 6.07 Å². The molecule has 0 saturated heterocycles. The summed E-state index contributed by atoms with van der Waals surface area (Å²) in [7, 11) is -3.65. The molecule has 5 nitrogen and oxygen atoms in total. The number of aryl methyl sites for hydroxylation is 1. The van der Waals surface area contributed by atoms with Crippen molar-refractivity contribution in [2.75, 3.05) is 0 Å². The maximum Gasteiger partial charge on any atom is 0.241 e. The van der Waals surface area contributed by atoms with Crippen molar-refractivity contribution in [3.63, 3.8) is 0 Å². The minimum atomic E-state index is -3.65. The maximum absolute atomic E-state index is 12.2. The summed E-state index contributed by atoms with van der Waals surface area (Å²) in [6.07, 6.45) is -1.05. The Kier molecular flexibility index (Phi) is 3.72. The molecule has 0 spiro atoms. The SMILES string of the molecule is Cc1ccccc1S(=O)(=O)N[C@@H]1CC[C@@H](O)[C@@H]1O. The molecule has 1 aliphatic rings. The van der Waals surface area contributed by atoms with E-state index in [1.54, 1.807) is 25.1 Å². The van der Waals surface area contributed by atoms with Crippen LogP contribution >= 0.6 is 0 Å². The largest absolute Gasteiger partial charge is 0.390 e. The van der Waals surface area contributed by atoms with Crippen molar-refractivity contribution in [3.8, 4) is 0 Å². The third-order valence-corrected chi connectivity index (χ3v) is 4.92. The van der Waals surface area contributed by atoms with Crippen molar-refractivity contribution in [1.82, 2.24) is 4.72 Å². The number of sulfonamides is 1. The molecule has 0 bridgehead atoms. The summed E-state index contributed by atoms with van der Waals surface area (Å²) < 4.78 is 26.8. The van der Waals surface area contributed by atoms with Gasteiger partial charge in [-0.2, -0.15) is 0 Å². The van der Waals surface area contributed by atoms with Crippen molar-refractivity contribution >= 4 is 10.0 Å². The molecule has 3 N–H and O–H groups in total. The fourth-order valence-electron chi connectivity index (χ4n) is 2.21. The van der Waals surface area contributed by atoms with E-state index >= 15 is 0 Å². The number of aliphatic hydroxyl groups excluding tert-OH is 2. The van der Waals surface area contributed by atoms with Crippen molar-refractivity contribution in [2.24, 2.45) is 0 Å². The third-order valence-electron chi connectivity index (χ3n) is 3.27. The van der Waals surface area contributed by atoms with Gasteiger partial charge in [0.2, 0.25) is 10.0 Å². The molecule has 0 heterocycles. The normalized spacial score (nSPS) is 28.5. The second-order valence-electron chi connectivity index (χ2n) is 4.63. The van der Waals surface area contributed by atoms with E-state index < -0.39 is 28.3 Å². The van der Waals surface area contributed by atoms with E-state index in [9.17, 15) is 18.6 Å². The predicted molar refractivity (Wildman–Crippen MR) is 66.5 cm³/mol. The monoisotopic (exact) mass is 271 g/mol. The van der Waals surface area contributed by atoms with Crippen LogP contribution in [0.5, 0.6) is 0 Å². The zero-order valence-corrected chi connectivity index (χ0v) is 10.9. The lowest BCUT2D eigenvalue weighted by Crippen LogP contribution is -2.43. The molecule has 2 rings (SSSR count). The molecule has 1 aromatic rings. The molecule has 18 heavy (non-hydrogen) atoms. The van der Waals surface area contributed by atoms with Crippen molar-refractivity contribution in [1.29, 1.82) is 0 Å². The Morgan fingerprint density at radius 2 is 1.89 bits per heavy atom. The van der Waals surface area contributed by atoms with Gasteiger partial charge >= 0.3 is 0 Å². The Bertz CT molecular complexity index is 529. The van der Waals surface area contributed by atoms with E-state index in [0.29, 0.717) is 18.4 Å². The van der Waals surface area contributed by atoms with Crippen LogP contribution in [-0.2, 0) is 10.0 Å². The zero-order chi connectivity index (χ0) is 13.3. The van der Waals surface area contributed by atoms with Gasteiger partial charge in [-0.15, -0.1) is 0 Å². The second-order valence-corrected chi connectivity index (χ2v) is 6.31. The first kappa shape index (κ1) is 13.5. The smallest absolute Gasteiger partial charge is 0.241 e. The summed E-state index contributed by atoms with van der Waals surface area (Å²) in [5.74, 6) is 0. The summed E-state index contributed by atoms with van der Waals surface area (Å²) >= 11 is 0. The highest BCUT2D eigenvalue weighted by molar-refractivity contribution is 7.89. The average Bonchev–Trinajstić information content (AvgIpc) is 2.61. The Morgan fingerprint density at radius 1 is 1.22 bits per heavy atom. The molecule has 1 aromatic carbocycles. The summed E-state index contributed by atoms with van der Waals surface area (Å²) in [4.78, 5) is 0.207. The van der Waals surface area contributed by atoms with Gasteiger partial charge in [-0.25, -0.2) is 13.1 Å². The second kappa shape index (κ2) is 4.97. The topological polar surface area (TPSA) is 86.6 Å². The van der Waals surface area contributed by atoms with E-state index in [2.05, 4.69) is 4.72 Å². The zero-order valence-electron chi connectivity index (χ0n) is 10.1. The number of aliphatic hydroxyl groups is 2. The van der Waals surface area contributed by atoms with Gasteiger partial charge in [0, 0.05) is 0 Å². The molecule has 0 aromatic heterocycles. The van der Waals surface area contributed by atoms with Gasteiger partial charge in [-0.1, -0.05) is 18.2 Å². The summed E-state index contributed by atoms with van der Waals surface area (Å²) in [6.45, 7) is 1.72. The van der Waals surface area contributed by atoms with E-state index in [0.717, 1.165) is 0 Å². The van der Waals surface area contributed by atoms with Crippen molar-refractivity contribution in [2.45, 2.75) is 42.9 Å². The number of hydrogen-bond donors (Lipinski definition) is 3. The number of benzene rings is 1. The predicted octanol–water partition coefficient (Wildman–Crippen LogP) is 0.158. The molecule has 0 aliphatic heterocycles. The average molecular weight is 271 g/mol. The lowest BCUT2D eigenvalue weighted by molar-refractivity contribution is 0.0339. The Hall–Kier alpha value is -0.950. The van der Waals surface area contributed by atoms with Gasteiger partial charge in [-0.05, 0) is 31.4 Å². The van der Waals surface area contributed by atoms with Crippen molar-refractivity contribution in [3.05, 3.63) is 29.8 Å². The maximum atomic E-state index is 12.2. The molecule has 1 fully saturated rings. The fraction of sp³-hybridized carbons (Fsp3) is 0.500. The summed E-state index contributed by atoms with van der Waals surface area (Å²) in [6, 6.07) is 6.04. The van der Waals surface area contributed by atoms with Gasteiger partial charge in [0.1, 0.15) is 0 Å². The molecule has 0 amide bonds. The molecule has 1 saturated carbocycles. The van der Waals surface area contributed by atoms with Crippen LogP contribution in [0.1, 0.15) is 18.4 Å².